The topological polar surface area (TPSA) is 0 Å². The second-order valence-corrected chi connectivity index (χ2v) is 8.40. The summed E-state index contributed by atoms with van der Waals surface area (Å²) in [5, 5.41) is 0. The minimum absolute atomic E-state index is 0.529. The van der Waals surface area contributed by atoms with Crippen molar-refractivity contribution in [3.05, 3.63) is 0 Å². The zero-order valence-corrected chi connectivity index (χ0v) is 12.6. The molecular weight excluding hydrogens is 204 g/mol. The summed E-state index contributed by atoms with van der Waals surface area (Å²) in [6.45, 7) is 12.0. The average molecular weight is 236 g/mol. The van der Waals surface area contributed by atoms with Crippen LogP contribution in [0.15, 0.2) is 0 Å². The Morgan fingerprint density at radius 2 is 1.53 bits per heavy atom. The van der Waals surface area contributed by atoms with Gasteiger partial charge in [-0.2, -0.15) is 0 Å². The monoisotopic (exact) mass is 236 g/mol. The fraction of sp³-hybridized carbons (Fsp3) is 1.00. The van der Waals surface area contributed by atoms with Crippen molar-refractivity contribution in [2.45, 2.75) is 73.1 Å². The van der Waals surface area contributed by atoms with Crippen molar-refractivity contribution in [3.8, 4) is 0 Å². The van der Waals surface area contributed by atoms with E-state index in [-0.39, 0.29) is 0 Å². The molecule has 0 heterocycles. The predicted octanol–water partition coefficient (Wildman–Crippen LogP) is 5.52. The van der Waals surface area contributed by atoms with Gasteiger partial charge in [0.25, 0.3) is 0 Å². The van der Waals surface area contributed by atoms with Crippen molar-refractivity contribution >= 4 is 0 Å². The Morgan fingerprint density at radius 1 is 1.00 bits per heavy atom. The van der Waals surface area contributed by atoms with E-state index >= 15 is 0 Å². The second-order valence-electron chi connectivity index (χ2n) is 8.40. The van der Waals surface area contributed by atoms with E-state index in [0.717, 1.165) is 29.6 Å². The lowest BCUT2D eigenvalue weighted by Gasteiger charge is -2.49. The molecule has 2 aliphatic rings. The Bertz CT molecular complexity index is 235. The Labute approximate surface area is 109 Å². The third-order valence-corrected chi connectivity index (χ3v) is 5.44. The van der Waals surface area contributed by atoms with Crippen molar-refractivity contribution in [2.75, 3.05) is 0 Å². The number of hydrogen-bond acceptors (Lipinski definition) is 0. The van der Waals surface area contributed by atoms with Crippen LogP contribution >= 0.6 is 0 Å². The van der Waals surface area contributed by atoms with E-state index in [1.54, 1.807) is 12.8 Å². The third kappa shape index (κ3) is 3.48. The molecule has 0 bridgehead atoms. The highest BCUT2D eigenvalue weighted by molar-refractivity contribution is 4.92. The standard InChI is InChI=1S/C17H32/c1-12-8-15(9-12)16-10-14(11-16)13(2)6-7-17(3,4)5/h12-16H,6-11H2,1-5H3. The lowest BCUT2D eigenvalue weighted by Crippen LogP contribution is -2.39. The summed E-state index contributed by atoms with van der Waals surface area (Å²) in [5.74, 6) is 5.32. The predicted molar refractivity (Wildman–Crippen MR) is 76.0 cm³/mol. The van der Waals surface area contributed by atoms with E-state index in [9.17, 15) is 0 Å². The van der Waals surface area contributed by atoms with Crippen LogP contribution in [0, 0.1) is 35.0 Å². The van der Waals surface area contributed by atoms with Crippen molar-refractivity contribution < 1.29 is 0 Å². The van der Waals surface area contributed by atoms with E-state index in [2.05, 4.69) is 34.6 Å². The molecule has 1 atom stereocenters. The van der Waals surface area contributed by atoms with Crippen LogP contribution in [0.5, 0.6) is 0 Å². The Hall–Kier alpha value is 0. The lowest BCUT2D eigenvalue weighted by atomic mass is 9.57. The first kappa shape index (κ1) is 13.4. The molecule has 0 nitrogen and oxygen atoms in total. The summed E-state index contributed by atoms with van der Waals surface area (Å²) in [5.41, 5.74) is 0.529. The molecule has 0 heteroatoms. The first-order chi connectivity index (χ1) is 7.85. The molecule has 1 unspecified atom stereocenters. The van der Waals surface area contributed by atoms with Gasteiger partial charge in [-0.1, -0.05) is 34.6 Å². The fourth-order valence-electron chi connectivity index (χ4n) is 3.80. The van der Waals surface area contributed by atoms with Gasteiger partial charge in [0.15, 0.2) is 0 Å². The van der Waals surface area contributed by atoms with Gasteiger partial charge in [0.05, 0.1) is 0 Å². The molecule has 0 aliphatic heterocycles. The van der Waals surface area contributed by atoms with Crippen molar-refractivity contribution in [1.82, 2.24) is 0 Å². The average Bonchev–Trinajstić information content (AvgIpc) is 2.08. The Kier molecular flexibility index (Phi) is 3.90. The molecule has 2 rings (SSSR count). The third-order valence-electron chi connectivity index (χ3n) is 5.44. The molecule has 0 aromatic heterocycles. The Morgan fingerprint density at radius 3 is 2.00 bits per heavy atom. The van der Waals surface area contributed by atoms with E-state index in [0.29, 0.717) is 5.41 Å². The van der Waals surface area contributed by atoms with Gasteiger partial charge in [0.2, 0.25) is 0 Å². The molecule has 100 valence electrons. The van der Waals surface area contributed by atoms with Gasteiger partial charge >= 0.3 is 0 Å². The van der Waals surface area contributed by atoms with Crippen LogP contribution < -0.4 is 0 Å². The highest BCUT2D eigenvalue weighted by atomic mass is 14.5. The van der Waals surface area contributed by atoms with Gasteiger partial charge in [-0.25, -0.2) is 0 Å². The van der Waals surface area contributed by atoms with Crippen LogP contribution in [0.25, 0.3) is 0 Å². The number of rotatable bonds is 4. The van der Waals surface area contributed by atoms with Crippen LogP contribution in [0.2, 0.25) is 0 Å². The van der Waals surface area contributed by atoms with Gasteiger partial charge in [-0.15, -0.1) is 0 Å². The first-order valence-corrected chi connectivity index (χ1v) is 7.85. The largest absolute Gasteiger partial charge is 0.0625 e. The van der Waals surface area contributed by atoms with Crippen molar-refractivity contribution in [1.29, 1.82) is 0 Å². The zero-order chi connectivity index (χ0) is 12.6. The SMILES string of the molecule is CC1CC(C2CC(C(C)CCC(C)(C)C)C2)C1. The Balaban J connectivity index is 1.62. The van der Waals surface area contributed by atoms with Gasteiger partial charge in [0, 0.05) is 0 Å². The summed E-state index contributed by atoms with van der Waals surface area (Å²) in [6, 6.07) is 0. The molecule has 0 spiro atoms. The minimum atomic E-state index is 0.529. The molecule has 0 amide bonds. The molecule has 2 aliphatic carbocycles. The first-order valence-electron chi connectivity index (χ1n) is 7.85. The second kappa shape index (κ2) is 4.94. The normalized spacial score (nSPS) is 39.4. The summed E-state index contributed by atoms with van der Waals surface area (Å²) in [7, 11) is 0. The van der Waals surface area contributed by atoms with Gasteiger partial charge in [0.1, 0.15) is 0 Å². The molecule has 2 fully saturated rings. The summed E-state index contributed by atoms with van der Waals surface area (Å²) >= 11 is 0. The van der Waals surface area contributed by atoms with Crippen molar-refractivity contribution in [3.63, 3.8) is 0 Å². The molecule has 17 heavy (non-hydrogen) atoms. The minimum Gasteiger partial charge on any atom is -0.0625 e. The maximum Gasteiger partial charge on any atom is -0.0380 e. The van der Waals surface area contributed by atoms with Crippen LogP contribution in [0.4, 0.5) is 0 Å². The lowest BCUT2D eigenvalue weighted by molar-refractivity contribution is 0.0169. The highest BCUT2D eigenvalue weighted by Gasteiger charge is 2.41. The molecule has 0 N–H and O–H groups in total. The molecule has 0 aromatic carbocycles. The van der Waals surface area contributed by atoms with Gasteiger partial charge < -0.3 is 0 Å². The van der Waals surface area contributed by atoms with Gasteiger partial charge in [-0.3, -0.25) is 0 Å². The van der Waals surface area contributed by atoms with E-state index in [1.165, 1.54) is 25.7 Å². The van der Waals surface area contributed by atoms with Crippen LogP contribution in [0.1, 0.15) is 73.1 Å². The maximum absolute atomic E-state index is 2.50. The molecule has 0 aromatic rings. The number of hydrogen-bond donors (Lipinski definition) is 0. The zero-order valence-electron chi connectivity index (χ0n) is 12.6. The highest BCUT2D eigenvalue weighted by Crippen LogP contribution is 2.51. The van der Waals surface area contributed by atoms with E-state index < -0.39 is 0 Å². The maximum atomic E-state index is 2.50. The smallest absolute Gasteiger partial charge is 0.0380 e. The quantitative estimate of drug-likeness (QED) is 0.603. The fourth-order valence-corrected chi connectivity index (χ4v) is 3.80. The van der Waals surface area contributed by atoms with Crippen LogP contribution in [0.3, 0.4) is 0 Å². The molecule has 2 saturated carbocycles. The molecular formula is C17H32. The van der Waals surface area contributed by atoms with Crippen LogP contribution in [-0.2, 0) is 0 Å². The van der Waals surface area contributed by atoms with E-state index in [4.69, 9.17) is 0 Å². The summed E-state index contributed by atoms with van der Waals surface area (Å²) < 4.78 is 0. The molecule has 0 radical (unpaired) electrons. The van der Waals surface area contributed by atoms with Crippen molar-refractivity contribution in [2.24, 2.45) is 35.0 Å². The van der Waals surface area contributed by atoms with E-state index in [1.807, 2.05) is 0 Å². The summed E-state index contributed by atoms with van der Waals surface area (Å²) in [4.78, 5) is 0. The van der Waals surface area contributed by atoms with Crippen LogP contribution in [-0.4, -0.2) is 0 Å². The summed E-state index contributed by atoms with van der Waals surface area (Å²) in [6.07, 6.45) is 9.03. The molecule has 0 saturated heterocycles. The van der Waals surface area contributed by atoms with Gasteiger partial charge in [-0.05, 0) is 73.5 Å².